The first kappa shape index (κ1) is 9.00. The predicted molar refractivity (Wildman–Crippen MR) is 51.1 cm³/mol. The molecule has 13 heavy (non-hydrogen) atoms. The summed E-state index contributed by atoms with van der Waals surface area (Å²) in [5.41, 5.74) is 5.36. The first-order valence-electron chi connectivity index (χ1n) is 5.28. The number of carbonyl (C=O) groups is 1. The molecule has 2 saturated carbocycles. The van der Waals surface area contributed by atoms with Gasteiger partial charge in [0.15, 0.2) is 0 Å². The maximum Gasteiger partial charge on any atom is 0.240 e. The summed E-state index contributed by atoms with van der Waals surface area (Å²) in [6.07, 6.45) is 6.67. The fourth-order valence-electron chi connectivity index (χ4n) is 1.76. The van der Waals surface area contributed by atoms with Crippen LogP contribution in [-0.2, 0) is 4.79 Å². The monoisotopic (exact) mass is 182 g/mol. The number of hydrogen-bond donors (Lipinski definition) is 2. The molecule has 0 aliphatic heterocycles. The fourth-order valence-corrected chi connectivity index (χ4v) is 1.76. The zero-order valence-corrected chi connectivity index (χ0v) is 8.01. The van der Waals surface area contributed by atoms with Crippen LogP contribution in [-0.4, -0.2) is 18.0 Å². The summed E-state index contributed by atoms with van der Waals surface area (Å²) in [6, 6.07) is 0. The van der Waals surface area contributed by atoms with Crippen LogP contribution < -0.4 is 11.1 Å². The molecule has 3 N–H and O–H groups in total. The first-order chi connectivity index (χ1) is 6.21. The Kier molecular flexibility index (Phi) is 2.28. The molecule has 0 aromatic heterocycles. The molecule has 0 bridgehead atoms. The van der Waals surface area contributed by atoms with Crippen molar-refractivity contribution in [3.63, 3.8) is 0 Å². The summed E-state index contributed by atoms with van der Waals surface area (Å²) in [7, 11) is 0. The summed E-state index contributed by atoms with van der Waals surface area (Å²) in [5, 5.41) is 2.93. The second-order valence-electron chi connectivity index (χ2n) is 4.50. The van der Waals surface area contributed by atoms with Gasteiger partial charge in [0.2, 0.25) is 5.91 Å². The second-order valence-corrected chi connectivity index (χ2v) is 4.50. The van der Waals surface area contributed by atoms with Crippen molar-refractivity contribution in [3.8, 4) is 0 Å². The van der Waals surface area contributed by atoms with E-state index in [2.05, 4.69) is 5.32 Å². The van der Waals surface area contributed by atoms with Crippen LogP contribution in [0.5, 0.6) is 0 Å². The molecule has 3 heteroatoms. The maximum absolute atomic E-state index is 11.5. The zero-order chi connectivity index (χ0) is 9.31. The van der Waals surface area contributed by atoms with E-state index in [9.17, 15) is 4.79 Å². The number of hydrogen-bond acceptors (Lipinski definition) is 2. The average Bonchev–Trinajstić information content (AvgIpc) is 2.83. The number of nitrogens with two attached hydrogens (primary N) is 1. The molecule has 2 rings (SSSR count). The van der Waals surface area contributed by atoms with E-state index in [1.807, 2.05) is 0 Å². The Morgan fingerprint density at radius 1 is 1.46 bits per heavy atom. The van der Waals surface area contributed by atoms with Crippen molar-refractivity contribution < 1.29 is 4.79 Å². The average molecular weight is 182 g/mol. The summed E-state index contributed by atoms with van der Waals surface area (Å²) in [5.74, 6) is 0.954. The van der Waals surface area contributed by atoms with Crippen molar-refractivity contribution in [1.82, 2.24) is 5.32 Å². The van der Waals surface area contributed by atoms with E-state index in [0.717, 1.165) is 38.1 Å². The number of carbonyl (C=O) groups excluding carboxylic acids is 1. The highest BCUT2D eigenvalue weighted by Gasteiger charge is 2.39. The molecule has 0 atom stereocenters. The molecular formula is C10H18N2O. The van der Waals surface area contributed by atoms with Crippen molar-refractivity contribution in [2.45, 2.75) is 44.1 Å². The molecular weight excluding hydrogens is 164 g/mol. The van der Waals surface area contributed by atoms with E-state index in [-0.39, 0.29) is 5.91 Å². The van der Waals surface area contributed by atoms with Gasteiger partial charge in [-0.1, -0.05) is 12.8 Å². The topological polar surface area (TPSA) is 55.1 Å². The molecule has 0 aromatic carbocycles. The third-order valence-electron chi connectivity index (χ3n) is 3.23. The lowest BCUT2D eigenvalue weighted by atomic mass is 9.77. The van der Waals surface area contributed by atoms with Gasteiger partial charge in [0.1, 0.15) is 0 Å². The van der Waals surface area contributed by atoms with Gasteiger partial charge in [-0.2, -0.15) is 0 Å². The molecule has 0 radical (unpaired) electrons. The van der Waals surface area contributed by atoms with E-state index in [1.54, 1.807) is 0 Å². The summed E-state index contributed by atoms with van der Waals surface area (Å²) in [6.45, 7) is 0.822. The van der Waals surface area contributed by atoms with Gasteiger partial charge in [0.25, 0.3) is 0 Å². The highest BCUT2D eigenvalue weighted by atomic mass is 16.2. The first-order valence-corrected chi connectivity index (χ1v) is 5.28. The molecule has 2 fully saturated rings. The fraction of sp³-hybridized carbons (Fsp3) is 0.900. The van der Waals surface area contributed by atoms with E-state index in [4.69, 9.17) is 5.73 Å². The van der Waals surface area contributed by atoms with Crippen LogP contribution in [0.15, 0.2) is 0 Å². The molecule has 0 unspecified atom stereocenters. The number of nitrogens with one attached hydrogen (secondary N) is 1. The van der Waals surface area contributed by atoms with Crippen molar-refractivity contribution in [1.29, 1.82) is 0 Å². The Morgan fingerprint density at radius 3 is 2.62 bits per heavy atom. The van der Waals surface area contributed by atoms with Crippen molar-refractivity contribution in [2.24, 2.45) is 11.7 Å². The lowest BCUT2D eigenvalue weighted by Crippen LogP contribution is -2.58. The standard InChI is InChI=1S/C10H18N2O/c11-10(5-1-6-10)9(13)12-7-4-8-2-3-8/h8H,1-7,11H2,(H,12,13). The van der Waals surface area contributed by atoms with Gasteiger partial charge >= 0.3 is 0 Å². The van der Waals surface area contributed by atoms with Crippen molar-refractivity contribution in [2.75, 3.05) is 6.54 Å². The Labute approximate surface area is 79.1 Å². The lowest BCUT2D eigenvalue weighted by Gasteiger charge is -2.36. The molecule has 1 amide bonds. The number of amides is 1. The van der Waals surface area contributed by atoms with Gasteiger partial charge in [-0.25, -0.2) is 0 Å². The van der Waals surface area contributed by atoms with E-state index < -0.39 is 5.54 Å². The molecule has 0 aromatic rings. The van der Waals surface area contributed by atoms with Gasteiger partial charge in [-0.3, -0.25) is 4.79 Å². The van der Waals surface area contributed by atoms with Crippen molar-refractivity contribution in [3.05, 3.63) is 0 Å². The SMILES string of the molecule is NC1(C(=O)NCCC2CC2)CCC1. The van der Waals surface area contributed by atoms with Gasteiger partial charge in [0.05, 0.1) is 5.54 Å². The van der Waals surface area contributed by atoms with Crippen LogP contribution >= 0.6 is 0 Å². The van der Waals surface area contributed by atoms with Crippen LogP contribution in [0.25, 0.3) is 0 Å². The smallest absolute Gasteiger partial charge is 0.240 e. The predicted octanol–water partition coefficient (Wildman–Crippen LogP) is 0.784. The Morgan fingerprint density at radius 2 is 2.15 bits per heavy atom. The Balaban J connectivity index is 1.65. The molecule has 0 saturated heterocycles. The van der Waals surface area contributed by atoms with Gasteiger partial charge < -0.3 is 11.1 Å². The maximum atomic E-state index is 11.5. The summed E-state index contributed by atoms with van der Waals surface area (Å²) in [4.78, 5) is 11.5. The molecule has 74 valence electrons. The van der Waals surface area contributed by atoms with Crippen LogP contribution in [0.4, 0.5) is 0 Å². The van der Waals surface area contributed by atoms with Crippen LogP contribution in [0.2, 0.25) is 0 Å². The molecule has 0 heterocycles. The van der Waals surface area contributed by atoms with Crippen molar-refractivity contribution >= 4 is 5.91 Å². The van der Waals surface area contributed by atoms with Crippen LogP contribution in [0.1, 0.15) is 38.5 Å². The quantitative estimate of drug-likeness (QED) is 0.675. The van der Waals surface area contributed by atoms with E-state index >= 15 is 0 Å². The number of rotatable bonds is 4. The Hall–Kier alpha value is -0.570. The van der Waals surface area contributed by atoms with E-state index in [1.165, 1.54) is 12.8 Å². The molecule has 0 spiro atoms. The highest BCUT2D eigenvalue weighted by molar-refractivity contribution is 5.86. The van der Waals surface area contributed by atoms with Crippen LogP contribution in [0.3, 0.4) is 0 Å². The molecule has 2 aliphatic rings. The van der Waals surface area contributed by atoms with Gasteiger partial charge in [0, 0.05) is 6.54 Å². The third kappa shape index (κ3) is 2.02. The zero-order valence-electron chi connectivity index (χ0n) is 8.01. The summed E-state index contributed by atoms with van der Waals surface area (Å²) < 4.78 is 0. The van der Waals surface area contributed by atoms with E-state index in [0.29, 0.717) is 0 Å². The second kappa shape index (κ2) is 3.29. The summed E-state index contributed by atoms with van der Waals surface area (Å²) >= 11 is 0. The van der Waals surface area contributed by atoms with Gasteiger partial charge in [-0.15, -0.1) is 0 Å². The largest absolute Gasteiger partial charge is 0.354 e. The van der Waals surface area contributed by atoms with Crippen LogP contribution in [0, 0.1) is 5.92 Å². The Bertz CT molecular complexity index is 207. The molecule has 3 nitrogen and oxygen atoms in total. The normalized spacial score (nSPS) is 25.0. The minimum absolute atomic E-state index is 0.0689. The minimum atomic E-state index is -0.510. The molecule has 2 aliphatic carbocycles. The third-order valence-corrected chi connectivity index (χ3v) is 3.23. The minimum Gasteiger partial charge on any atom is -0.354 e. The lowest BCUT2D eigenvalue weighted by molar-refractivity contribution is -0.129. The highest BCUT2D eigenvalue weighted by Crippen LogP contribution is 2.32. The van der Waals surface area contributed by atoms with Gasteiger partial charge in [-0.05, 0) is 31.6 Å².